The Kier molecular flexibility index (Phi) is 14.4. The Morgan fingerprint density at radius 3 is 1.73 bits per heavy atom. The molecule has 0 amide bonds. The smallest absolute Gasteiger partial charge is 0.264 e. The van der Waals surface area contributed by atoms with Crippen LogP contribution in [0.15, 0.2) is 36.4 Å². The highest BCUT2D eigenvalue weighted by atomic mass is 35.5. The zero-order valence-corrected chi connectivity index (χ0v) is 21.6. The van der Waals surface area contributed by atoms with E-state index in [9.17, 15) is 14.7 Å². The molecule has 0 aromatic heterocycles. The minimum absolute atomic E-state index is 0.106. The van der Waals surface area contributed by atoms with E-state index in [0.29, 0.717) is 39.8 Å². The van der Waals surface area contributed by atoms with Gasteiger partial charge in [-0.25, -0.2) is 0 Å². The maximum Gasteiger partial charge on any atom is 0.264 e. The van der Waals surface area contributed by atoms with Crippen LogP contribution in [0.5, 0.6) is 23.0 Å². The van der Waals surface area contributed by atoms with Crippen LogP contribution in [0.1, 0.15) is 20.7 Å². The molecule has 0 bridgehead atoms. The molecule has 1 N–H and O–H groups in total. The number of aromatic hydroxyl groups is 1. The molecule has 0 saturated heterocycles. The molecule has 0 aliphatic rings. The second-order valence-corrected chi connectivity index (χ2v) is 7.74. The summed E-state index contributed by atoms with van der Waals surface area (Å²) < 4.78 is 15.7. The van der Waals surface area contributed by atoms with Crippen LogP contribution in [0.3, 0.4) is 0 Å². The quantitative estimate of drug-likeness (QED) is 0.273. The van der Waals surface area contributed by atoms with E-state index in [4.69, 9.17) is 38.0 Å². The number of thiocarbonyl (C=S) groups is 2. The summed E-state index contributed by atoms with van der Waals surface area (Å²) in [5.74, 6) is 1.03. The number of carbonyl (C=O) groups is 2. The summed E-state index contributed by atoms with van der Waals surface area (Å²) in [6.07, 6.45) is 1.29. The largest absolute Gasteiger partial charge is 0.504 e. The van der Waals surface area contributed by atoms with Gasteiger partial charge in [0.2, 0.25) is 0 Å². The summed E-state index contributed by atoms with van der Waals surface area (Å²) in [5, 5.41) is 9.50. The number of nitrogens with zero attached hydrogens (tertiary/aromatic N) is 2. The van der Waals surface area contributed by atoms with Crippen LogP contribution in [0, 0.1) is 0 Å². The molecule has 0 aliphatic carbocycles. The standard InChI is InChI=1S/C11H13NO3S.C8H8O3.C3H6ClNS/c1-12(2)11(16)15-10-8(7-13)5-4-6-9(10)14-3;1-11-7-4-2-3-6(5-9)8(7)10;1-5(2)3(4)6/h4-7H,1-3H3;2-5,10H,1H3;1-2H3. The van der Waals surface area contributed by atoms with Gasteiger partial charge in [0.25, 0.3) is 5.17 Å². The van der Waals surface area contributed by atoms with Crippen LogP contribution in [-0.2, 0) is 0 Å². The first-order chi connectivity index (χ1) is 15.5. The highest BCUT2D eigenvalue weighted by Crippen LogP contribution is 2.30. The van der Waals surface area contributed by atoms with Crippen molar-refractivity contribution in [1.29, 1.82) is 0 Å². The molecule has 0 fully saturated rings. The third-order valence-corrected chi connectivity index (χ3v) is 4.79. The molecule has 0 spiro atoms. The van der Waals surface area contributed by atoms with Crippen LogP contribution < -0.4 is 14.2 Å². The normalized spacial score (nSPS) is 9.06. The fourth-order valence-corrected chi connectivity index (χ4v) is 1.96. The Morgan fingerprint density at radius 1 is 0.879 bits per heavy atom. The fraction of sp³-hybridized carbons (Fsp3) is 0.273. The average molecular weight is 515 g/mol. The van der Waals surface area contributed by atoms with Gasteiger partial charge in [-0.2, -0.15) is 0 Å². The van der Waals surface area contributed by atoms with Crippen LogP contribution in [0.4, 0.5) is 0 Å². The van der Waals surface area contributed by atoms with Crippen molar-refractivity contribution in [3.63, 3.8) is 0 Å². The molecule has 11 heteroatoms. The lowest BCUT2D eigenvalue weighted by atomic mass is 10.2. The Morgan fingerprint density at radius 2 is 1.33 bits per heavy atom. The predicted octanol–water partition coefficient (Wildman–Crippen LogP) is 4.02. The van der Waals surface area contributed by atoms with Crippen LogP contribution in [-0.4, -0.2) is 79.5 Å². The van der Waals surface area contributed by atoms with Gasteiger partial charge in [0.1, 0.15) is 0 Å². The zero-order chi connectivity index (χ0) is 25.6. The van der Waals surface area contributed by atoms with Crippen molar-refractivity contribution in [2.45, 2.75) is 0 Å². The minimum atomic E-state index is -0.106. The molecule has 2 aromatic carbocycles. The van der Waals surface area contributed by atoms with Gasteiger partial charge in [0.15, 0.2) is 40.0 Å². The van der Waals surface area contributed by atoms with Crippen molar-refractivity contribution < 1.29 is 28.9 Å². The van der Waals surface area contributed by atoms with Crippen LogP contribution in [0.25, 0.3) is 0 Å². The summed E-state index contributed by atoms with van der Waals surface area (Å²) in [5.41, 5.74) is 0.646. The number of rotatable bonds is 5. The average Bonchev–Trinajstić information content (AvgIpc) is 2.80. The number of hydrogen-bond donors (Lipinski definition) is 1. The number of ether oxygens (including phenoxy) is 3. The van der Waals surface area contributed by atoms with E-state index in [1.165, 1.54) is 20.3 Å². The summed E-state index contributed by atoms with van der Waals surface area (Å²) in [7, 11) is 10.1. The van der Waals surface area contributed by atoms with Gasteiger partial charge >= 0.3 is 0 Å². The van der Waals surface area contributed by atoms with Gasteiger partial charge < -0.3 is 29.1 Å². The number of methoxy groups -OCH3 is 2. The second-order valence-electron chi connectivity index (χ2n) is 6.42. The summed E-state index contributed by atoms with van der Waals surface area (Å²) in [6.45, 7) is 0. The van der Waals surface area contributed by atoms with Crippen LogP contribution >= 0.6 is 36.0 Å². The molecule has 2 aromatic rings. The van der Waals surface area contributed by atoms with Gasteiger partial charge in [-0.15, -0.1) is 0 Å². The third kappa shape index (κ3) is 10.5. The molecule has 8 nitrogen and oxygen atoms in total. The third-order valence-electron chi connectivity index (χ3n) is 3.64. The Bertz CT molecular complexity index is 954. The van der Waals surface area contributed by atoms with Crippen molar-refractivity contribution in [2.75, 3.05) is 42.4 Å². The molecule has 0 saturated carbocycles. The van der Waals surface area contributed by atoms with Crippen molar-refractivity contribution in [1.82, 2.24) is 9.80 Å². The van der Waals surface area contributed by atoms with Gasteiger partial charge in [-0.05, 0) is 48.7 Å². The zero-order valence-electron chi connectivity index (χ0n) is 19.2. The van der Waals surface area contributed by atoms with Crippen molar-refractivity contribution in [3.05, 3.63) is 47.5 Å². The highest BCUT2D eigenvalue weighted by Gasteiger charge is 2.13. The second kappa shape index (κ2) is 15.8. The van der Waals surface area contributed by atoms with Gasteiger partial charge in [0, 0.05) is 28.2 Å². The van der Waals surface area contributed by atoms with Crippen molar-refractivity contribution >= 4 is 58.2 Å². The number of halogens is 1. The summed E-state index contributed by atoms with van der Waals surface area (Å²) >= 11 is 14.8. The van der Waals surface area contributed by atoms with E-state index in [1.54, 1.807) is 68.3 Å². The molecule has 2 rings (SSSR count). The SMILES string of the molecule is CN(C)C(=S)Cl.COc1cccc(C=O)c1O.COc1cccc(C=O)c1OC(=S)N(C)C. The molecule has 0 atom stereocenters. The number of benzene rings is 2. The molecule has 180 valence electrons. The lowest BCUT2D eigenvalue weighted by Crippen LogP contribution is -2.25. The first kappa shape index (κ1) is 30.0. The number of hydrogen-bond acceptors (Lipinski definition) is 8. The molecular formula is C22H27ClN2O6S2. The first-order valence-corrected chi connectivity index (χ1v) is 10.4. The van der Waals surface area contributed by atoms with E-state index in [-0.39, 0.29) is 16.5 Å². The number of para-hydroxylation sites is 2. The van der Waals surface area contributed by atoms with Crippen molar-refractivity contribution in [3.8, 4) is 23.0 Å². The maximum atomic E-state index is 10.9. The Labute approximate surface area is 209 Å². The van der Waals surface area contributed by atoms with Gasteiger partial charge in [0.05, 0.1) is 25.3 Å². The van der Waals surface area contributed by atoms with Gasteiger partial charge in [-0.3, -0.25) is 9.59 Å². The van der Waals surface area contributed by atoms with E-state index < -0.39 is 0 Å². The predicted molar refractivity (Wildman–Crippen MR) is 137 cm³/mol. The van der Waals surface area contributed by atoms with E-state index in [1.807, 2.05) is 0 Å². The number of phenolic OH excluding ortho intramolecular Hbond substituents is 1. The van der Waals surface area contributed by atoms with Gasteiger partial charge in [-0.1, -0.05) is 23.7 Å². The number of phenols is 1. The fourth-order valence-electron chi connectivity index (χ4n) is 1.87. The Hall–Kier alpha value is -2.95. The molecule has 0 aliphatic heterocycles. The van der Waals surface area contributed by atoms with E-state index in [2.05, 4.69) is 12.2 Å². The molecule has 33 heavy (non-hydrogen) atoms. The Balaban J connectivity index is 0.000000520. The molecule has 0 heterocycles. The van der Waals surface area contributed by atoms with E-state index in [0.717, 1.165) is 0 Å². The monoisotopic (exact) mass is 514 g/mol. The minimum Gasteiger partial charge on any atom is -0.504 e. The number of aldehydes is 2. The van der Waals surface area contributed by atoms with Crippen LogP contribution in [0.2, 0.25) is 0 Å². The topological polar surface area (TPSA) is 88.5 Å². The number of carbonyl (C=O) groups excluding carboxylic acids is 2. The summed E-state index contributed by atoms with van der Waals surface area (Å²) in [6, 6.07) is 9.81. The maximum absolute atomic E-state index is 10.9. The summed E-state index contributed by atoms with van der Waals surface area (Å²) in [4.78, 5) is 24.4. The molecule has 0 unspecified atom stereocenters. The lowest BCUT2D eigenvalue weighted by Gasteiger charge is -2.16. The highest BCUT2D eigenvalue weighted by molar-refractivity contribution is 7.83. The molecular weight excluding hydrogens is 488 g/mol. The van der Waals surface area contributed by atoms with Crippen molar-refractivity contribution in [2.24, 2.45) is 0 Å². The van der Waals surface area contributed by atoms with E-state index >= 15 is 0 Å². The first-order valence-electron chi connectivity index (χ1n) is 9.23. The molecule has 0 radical (unpaired) electrons. The lowest BCUT2D eigenvalue weighted by molar-refractivity contribution is 0.111.